The maximum absolute atomic E-state index is 13.3. The van der Waals surface area contributed by atoms with Crippen molar-refractivity contribution >= 4 is 5.91 Å². The first-order chi connectivity index (χ1) is 9.34. The number of nitrogens with one attached hydrogen (secondary N) is 1. The van der Waals surface area contributed by atoms with Crippen LogP contribution in [0.15, 0.2) is 24.3 Å². The summed E-state index contributed by atoms with van der Waals surface area (Å²) in [5.74, 6) is -0.717. The second kappa shape index (κ2) is 7.24. The van der Waals surface area contributed by atoms with Crippen LogP contribution < -0.4 is 10.1 Å². The van der Waals surface area contributed by atoms with Gasteiger partial charge in [-0.2, -0.15) is 0 Å². The number of amides is 1. The van der Waals surface area contributed by atoms with Crippen LogP contribution in [0.4, 0.5) is 4.39 Å². The summed E-state index contributed by atoms with van der Waals surface area (Å²) in [6, 6.07) is 5.98. The van der Waals surface area contributed by atoms with Gasteiger partial charge in [0.1, 0.15) is 0 Å². The molecule has 0 fully saturated rings. The SMILES string of the molecule is CO[C@H](CNC(=O)COc1ccccc1F)C(C)(C)C. The highest BCUT2D eigenvalue weighted by atomic mass is 19.1. The van der Waals surface area contributed by atoms with Crippen molar-refractivity contribution in [2.24, 2.45) is 5.41 Å². The third-order valence-electron chi connectivity index (χ3n) is 2.93. The van der Waals surface area contributed by atoms with E-state index in [9.17, 15) is 9.18 Å². The highest BCUT2D eigenvalue weighted by Gasteiger charge is 2.24. The summed E-state index contributed by atoms with van der Waals surface area (Å²) >= 11 is 0. The molecule has 0 spiro atoms. The summed E-state index contributed by atoms with van der Waals surface area (Å²) in [5.41, 5.74) is -0.0750. The van der Waals surface area contributed by atoms with Gasteiger partial charge in [-0.3, -0.25) is 4.79 Å². The predicted molar refractivity (Wildman–Crippen MR) is 75.2 cm³/mol. The molecule has 112 valence electrons. The number of rotatable bonds is 6. The van der Waals surface area contributed by atoms with Gasteiger partial charge in [-0.15, -0.1) is 0 Å². The largest absolute Gasteiger partial charge is 0.481 e. The lowest BCUT2D eigenvalue weighted by atomic mass is 9.89. The van der Waals surface area contributed by atoms with Crippen LogP contribution in [0.5, 0.6) is 5.75 Å². The Balaban J connectivity index is 2.39. The van der Waals surface area contributed by atoms with Crippen molar-refractivity contribution in [3.63, 3.8) is 0 Å². The lowest BCUT2D eigenvalue weighted by Crippen LogP contribution is -2.42. The highest BCUT2D eigenvalue weighted by molar-refractivity contribution is 5.77. The van der Waals surface area contributed by atoms with Crippen LogP contribution in [0.25, 0.3) is 0 Å². The van der Waals surface area contributed by atoms with E-state index in [0.717, 1.165) is 0 Å². The van der Waals surface area contributed by atoms with E-state index in [1.165, 1.54) is 12.1 Å². The van der Waals surface area contributed by atoms with Gasteiger partial charge in [0, 0.05) is 13.7 Å². The number of halogens is 1. The topological polar surface area (TPSA) is 47.6 Å². The first-order valence-electron chi connectivity index (χ1n) is 6.51. The Labute approximate surface area is 119 Å². The maximum atomic E-state index is 13.3. The van der Waals surface area contributed by atoms with Crippen LogP contribution in [0.1, 0.15) is 20.8 Å². The Hall–Kier alpha value is -1.62. The Morgan fingerprint density at radius 1 is 1.35 bits per heavy atom. The van der Waals surface area contributed by atoms with E-state index in [4.69, 9.17) is 9.47 Å². The van der Waals surface area contributed by atoms with Gasteiger partial charge in [-0.25, -0.2) is 4.39 Å². The fraction of sp³-hybridized carbons (Fsp3) is 0.533. The minimum atomic E-state index is -0.482. The molecule has 0 saturated heterocycles. The van der Waals surface area contributed by atoms with Gasteiger partial charge in [0.2, 0.25) is 0 Å². The van der Waals surface area contributed by atoms with Gasteiger partial charge in [0.05, 0.1) is 6.10 Å². The molecule has 0 aliphatic carbocycles. The summed E-state index contributed by atoms with van der Waals surface area (Å²) < 4.78 is 23.7. The van der Waals surface area contributed by atoms with Crippen molar-refractivity contribution in [3.05, 3.63) is 30.1 Å². The molecule has 0 bridgehead atoms. The summed E-state index contributed by atoms with van der Waals surface area (Å²) in [5, 5.41) is 2.72. The molecule has 1 N–H and O–H groups in total. The number of ether oxygens (including phenoxy) is 2. The minimum absolute atomic E-state index is 0.0711. The number of para-hydroxylation sites is 1. The third kappa shape index (κ3) is 5.17. The molecule has 1 aromatic rings. The monoisotopic (exact) mass is 283 g/mol. The summed E-state index contributed by atoms with van der Waals surface area (Å²) in [7, 11) is 1.61. The summed E-state index contributed by atoms with van der Waals surface area (Å²) in [4.78, 5) is 11.7. The molecular formula is C15H22FNO3. The minimum Gasteiger partial charge on any atom is -0.481 e. The molecular weight excluding hydrogens is 261 g/mol. The molecule has 20 heavy (non-hydrogen) atoms. The van der Waals surface area contributed by atoms with E-state index >= 15 is 0 Å². The van der Waals surface area contributed by atoms with Gasteiger partial charge >= 0.3 is 0 Å². The van der Waals surface area contributed by atoms with Crippen LogP contribution in [0.3, 0.4) is 0 Å². The van der Waals surface area contributed by atoms with Crippen molar-refractivity contribution in [2.45, 2.75) is 26.9 Å². The van der Waals surface area contributed by atoms with Crippen molar-refractivity contribution in [1.29, 1.82) is 0 Å². The van der Waals surface area contributed by atoms with Crippen LogP contribution in [-0.4, -0.2) is 32.3 Å². The van der Waals surface area contributed by atoms with E-state index in [-0.39, 0.29) is 29.8 Å². The Bertz CT molecular complexity index is 443. The molecule has 4 nitrogen and oxygen atoms in total. The van der Waals surface area contributed by atoms with E-state index in [1.54, 1.807) is 19.2 Å². The number of carbonyl (C=O) groups excluding carboxylic acids is 1. The number of benzene rings is 1. The van der Waals surface area contributed by atoms with E-state index < -0.39 is 5.82 Å². The van der Waals surface area contributed by atoms with Crippen molar-refractivity contribution in [2.75, 3.05) is 20.3 Å². The molecule has 0 radical (unpaired) electrons. The molecule has 0 aliphatic rings. The number of hydrogen-bond acceptors (Lipinski definition) is 3. The lowest BCUT2D eigenvalue weighted by molar-refractivity contribution is -0.124. The molecule has 0 heterocycles. The average Bonchev–Trinajstić information content (AvgIpc) is 2.37. The van der Waals surface area contributed by atoms with E-state index in [2.05, 4.69) is 5.32 Å². The number of methoxy groups -OCH3 is 1. The zero-order chi connectivity index (χ0) is 15.2. The van der Waals surface area contributed by atoms with Crippen LogP contribution in [-0.2, 0) is 9.53 Å². The van der Waals surface area contributed by atoms with Gasteiger partial charge in [-0.05, 0) is 17.5 Å². The van der Waals surface area contributed by atoms with Crippen LogP contribution in [0, 0.1) is 11.2 Å². The van der Waals surface area contributed by atoms with E-state index in [1.807, 2.05) is 20.8 Å². The fourth-order valence-corrected chi connectivity index (χ4v) is 1.71. The Morgan fingerprint density at radius 2 is 2.00 bits per heavy atom. The predicted octanol–water partition coefficient (Wildman–Crippen LogP) is 2.38. The molecule has 1 rings (SSSR count). The molecule has 0 aliphatic heterocycles. The second-order valence-electron chi connectivity index (χ2n) is 5.61. The van der Waals surface area contributed by atoms with Gasteiger partial charge in [0.15, 0.2) is 18.2 Å². The average molecular weight is 283 g/mol. The molecule has 5 heteroatoms. The first kappa shape index (κ1) is 16.4. The first-order valence-corrected chi connectivity index (χ1v) is 6.51. The Morgan fingerprint density at radius 3 is 2.55 bits per heavy atom. The van der Waals surface area contributed by atoms with Crippen LogP contribution in [0.2, 0.25) is 0 Å². The number of hydrogen-bond donors (Lipinski definition) is 1. The smallest absolute Gasteiger partial charge is 0.258 e. The molecule has 1 atom stereocenters. The van der Waals surface area contributed by atoms with Gasteiger partial charge in [-0.1, -0.05) is 32.9 Å². The van der Waals surface area contributed by atoms with Crippen LogP contribution >= 0.6 is 0 Å². The quantitative estimate of drug-likeness (QED) is 0.872. The summed E-state index contributed by atoms with van der Waals surface area (Å²) in [6.07, 6.45) is -0.0973. The third-order valence-corrected chi connectivity index (χ3v) is 2.93. The van der Waals surface area contributed by atoms with Gasteiger partial charge < -0.3 is 14.8 Å². The second-order valence-corrected chi connectivity index (χ2v) is 5.61. The lowest BCUT2D eigenvalue weighted by Gasteiger charge is -2.29. The highest BCUT2D eigenvalue weighted by Crippen LogP contribution is 2.21. The Kier molecular flexibility index (Phi) is 5.95. The summed E-state index contributed by atoms with van der Waals surface area (Å²) in [6.45, 7) is 6.26. The van der Waals surface area contributed by atoms with Crippen molar-refractivity contribution in [1.82, 2.24) is 5.32 Å². The maximum Gasteiger partial charge on any atom is 0.258 e. The number of carbonyl (C=O) groups is 1. The standard InChI is InChI=1S/C15H22FNO3/c1-15(2,3)13(19-4)9-17-14(18)10-20-12-8-6-5-7-11(12)16/h5-8,13H,9-10H2,1-4H3,(H,17,18)/t13-/m1/s1. The zero-order valence-corrected chi connectivity index (χ0v) is 12.4. The van der Waals surface area contributed by atoms with E-state index in [0.29, 0.717) is 6.54 Å². The molecule has 0 aromatic heterocycles. The fourth-order valence-electron chi connectivity index (χ4n) is 1.71. The zero-order valence-electron chi connectivity index (χ0n) is 12.4. The molecule has 0 unspecified atom stereocenters. The normalized spacial score (nSPS) is 12.8. The van der Waals surface area contributed by atoms with Crippen molar-refractivity contribution < 1.29 is 18.7 Å². The molecule has 1 amide bonds. The molecule has 0 saturated carbocycles. The molecule has 1 aromatic carbocycles. The van der Waals surface area contributed by atoms with Crippen molar-refractivity contribution in [3.8, 4) is 5.75 Å². The van der Waals surface area contributed by atoms with Gasteiger partial charge in [0.25, 0.3) is 5.91 Å².